The second-order valence-electron chi connectivity index (χ2n) is 3.09. The van der Waals surface area contributed by atoms with Gasteiger partial charge in [0.15, 0.2) is 0 Å². The normalized spacial score (nSPS) is 9.71. The molecule has 2 rings (SSSR count). The molecule has 0 N–H and O–H groups in total. The van der Waals surface area contributed by atoms with E-state index in [2.05, 4.69) is 9.98 Å². The lowest BCUT2D eigenvalue weighted by molar-refractivity contribution is 0.565. The maximum atomic E-state index is 10.1. The van der Waals surface area contributed by atoms with Gasteiger partial charge in [0, 0.05) is 11.1 Å². The molecule has 1 aromatic carbocycles. The van der Waals surface area contributed by atoms with Crippen LogP contribution in [0.1, 0.15) is 0 Å². The number of hydrogen-bond donors (Lipinski definition) is 0. The summed E-state index contributed by atoms with van der Waals surface area (Å²) in [5, 5.41) is 1.40. The summed E-state index contributed by atoms with van der Waals surface area (Å²) in [7, 11) is 0. The van der Waals surface area contributed by atoms with Crippen LogP contribution in [0.25, 0.3) is 0 Å². The van der Waals surface area contributed by atoms with E-state index in [-0.39, 0.29) is 0 Å². The summed E-state index contributed by atoms with van der Waals surface area (Å²) < 4.78 is 0. The van der Waals surface area contributed by atoms with Crippen LogP contribution < -0.4 is 0 Å². The number of hydrogen-bond acceptors (Lipinski definition) is 4. The van der Waals surface area contributed by atoms with Gasteiger partial charge in [0.2, 0.25) is 6.08 Å². The number of isocyanates is 1. The Hall–Kier alpha value is -1.61. The Morgan fingerprint density at radius 3 is 2.82 bits per heavy atom. The molecule has 2 aromatic rings. The molecule has 0 aliphatic carbocycles. The molecule has 0 spiro atoms. The highest BCUT2D eigenvalue weighted by Crippen LogP contribution is 2.34. The SMILES string of the molecule is O=C=Nc1ccc(Sc2ccccn2)c(Cl)c1. The number of halogens is 1. The molecule has 0 saturated carbocycles. The number of benzene rings is 1. The Labute approximate surface area is 108 Å². The topological polar surface area (TPSA) is 42.3 Å². The third-order valence-electron chi connectivity index (χ3n) is 1.94. The van der Waals surface area contributed by atoms with E-state index in [1.807, 2.05) is 18.2 Å². The first-order valence-electron chi connectivity index (χ1n) is 4.76. The second kappa shape index (κ2) is 5.64. The largest absolute Gasteiger partial charge is 0.250 e. The van der Waals surface area contributed by atoms with Crippen LogP contribution in [0.5, 0.6) is 0 Å². The lowest BCUT2D eigenvalue weighted by Gasteiger charge is -2.03. The van der Waals surface area contributed by atoms with Crippen LogP contribution in [-0.4, -0.2) is 11.1 Å². The average molecular weight is 263 g/mol. The smallest absolute Gasteiger partial charge is 0.240 e. The highest BCUT2D eigenvalue weighted by Gasteiger charge is 2.04. The molecule has 0 amide bonds. The minimum atomic E-state index is 0.496. The molecular formula is C12H7ClN2OS. The van der Waals surface area contributed by atoms with Crippen molar-refractivity contribution in [3.8, 4) is 0 Å². The summed E-state index contributed by atoms with van der Waals surface area (Å²) in [5.41, 5.74) is 0.496. The van der Waals surface area contributed by atoms with Crippen molar-refractivity contribution in [3.05, 3.63) is 47.6 Å². The zero-order valence-electron chi connectivity index (χ0n) is 8.63. The summed E-state index contributed by atoms with van der Waals surface area (Å²) in [6, 6.07) is 10.8. The number of nitrogens with zero attached hydrogens (tertiary/aromatic N) is 2. The quantitative estimate of drug-likeness (QED) is 0.623. The molecule has 5 heteroatoms. The maximum Gasteiger partial charge on any atom is 0.240 e. The van der Waals surface area contributed by atoms with E-state index in [0.29, 0.717) is 10.7 Å². The minimum absolute atomic E-state index is 0.496. The van der Waals surface area contributed by atoms with Crippen molar-refractivity contribution in [2.24, 2.45) is 4.99 Å². The van der Waals surface area contributed by atoms with Gasteiger partial charge in [-0.3, -0.25) is 0 Å². The fourth-order valence-electron chi connectivity index (χ4n) is 1.21. The Kier molecular flexibility index (Phi) is 3.94. The van der Waals surface area contributed by atoms with Crippen LogP contribution >= 0.6 is 23.4 Å². The van der Waals surface area contributed by atoms with E-state index in [1.54, 1.807) is 24.4 Å². The molecule has 3 nitrogen and oxygen atoms in total. The summed E-state index contributed by atoms with van der Waals surface area (Å²) in [6.07, 6.45) is 3.20. The molecule has 0 radical (unpaired) electrons. The molecule has 0 aliphatic rings. The molecule has 0 atom stereocenters. The van der Waals surface area contributed by atoms with E-state index in [0.717, 1.165) is 9.92 Å². The van der Waals surface area contributed by atoms with Gasteiger partial charge in [-0.2, -0.15) is 4.99 Å². The van der Waals surface area contributed by atoms with Crippen molar-refractivity contribution in [1.82, 2.24) is 4.98 Å². The van der Waals surface area contributed by atoms with E-state index in [9.17, 15) is 4.79 Å². The second-order valence-corrected chi connectivity index (χ2v) is 4.56. The highest BCUT2D eigenvalue weighted by atomic mass is 35.5. The first-order valence-corrected chi connectivity index (χ1v) is 5.95. The Bertz CT molecular complexity index is 568. The molecular weight excluding hydrogens is 256 g/mol. The van der Waals surface area contributed by atoms with Crippen molar-refractivity contribution < 1.29 is 4.79 Å². The number of aliphatic imine (C=N–C) groups is 1. The Balaban J connectivity index is 2.25. The van der Waals surface area contributed by atoms with Crippen molar-refractivity contribution in [3.63, 3.8) is 0 Å². The van der Waals surface area contributed by atoms with Crippen LogP contribution in [0.15, 0.2) is 57.5 Å². The zero-order chi connectivity index (χ0) is 12.1. The van der Waals surface area contributed by atoms with Gasteiger partial charge >= 0.3 is 0 Å². The van der Waals surface area contributed by atoms with Crippen molar-refractivity contribution >= 4 is 35.1 Å². The zero-order valence-corrected chi connectivity index (χ0v) is 10.2. The average Bonchev–Trinajstić information content (AvgIpc) is 2.34. The fraction of sp³-hybridized carbons (Fsp3) is 0. The predicted molar refractivity (Wildman–Crippen MR) is 67.6 cm³/mol. The predicted octanol–water partition coefficient (Wildman–Crippen LogP) is 3.85. The number of rotatable bonds is 3. The third kappa shape index (κ3) is 3.17. The summed E-state index contributed by atoms with van der Waals surface area (Å²) in [4.78, 5) is 18.7. The maximum absolute atomic E-state index is 10.1. The first kappa shape index (κ1) is 11.9. The molecule has 1 heterocycles. The van der Waals surface area contributed by atoms with Gasteiger partial charge in [0.05, 0.1) is 10.7 Å². The minimum Gasteiger partial charge on any atom is -0.250 e. The summed E-state index contributed by atoms with van der Waals surface area (Å²) in [6.45, 7) is 0. The molecule has 0 fully saturated rings. The fourth-order valence-corrected chi connectivity index (χ4v) is 2.28. The Morgan fingerprint density at radius 1 is 1.29 bits per heavy atom. The monoisotopic (exact) mass is 262 g/mol. The van der Waals surface area contributed by atoms with E-state index in [4.69, 9.17) is 11.6 Å². The molecule has 17 heavy (non-hydrogen) atoms. The van der Waals surface area contributed by atoms with Gasteiger partial charge in [-0.25, -0.2) is 9.78 Å². The first-order chi connectivity index (χ1) is 8.29. The standard InChI is InChI=1S/C12H7ClN2OS/c13-10-7-9(15-8-16)4-5-11(10)17-12-3-1-2-6-14-12/h1-7H. The van der Waals surface area contributed by atoms with Crippen LogP contribution in [0.2, 0.25) is 5.02 Å². The number of pyridine rings is 1. The van der Waals surface area contributed by atoms with Gasteiger partial charge < -0.3 is 0 Å². The van der Waals surface area contributed by atoms with Crippen molar-refractivity contribution in [2.45, 2.75) is 9.92 Å². The van der Waals surface area contributed by atoms with Gasteiger partial charge in [-0.15, -0.1) is 0 Å². The van der Waals surface area contributed by atoms with Crippen LogP contribution in [-0.2, 0) is 4.79 Å². The van der Waals surface area contributed by atoms with E-state index >= 15 is 0 Å². The lowest BCUT2D eigenvalue weighted by atomic mass is 10.3. The molecule has 84 valence electrons. The number of aromatic nitrogens is 1. The van der Waals surface area contributed by atoms with Gasteiger partial charge in [0.1, 0.15) is 5.03 Å². The molecule has 0 aliphatic heterocycles. The van der Waals surface area contributed by atoms with Crippen LogP contribution in [0.4, 0.5) is 5.69 Å². The van der Waals surface area contributed by atoms with Crippen molar-refractivity contribution in [2.75, 3.05) is 0 Å². The van der Waals surface area contributed by atoms with E-state index < -0.39 is 0 Å². The Morgan fingerprint density at radius 2 is 2.18 bits per heavy atom. The van der Waals surface area contributed by atoms with E-state index in [1.165, 1.54) is 17.8 Å². The van der Waals surface area contributed by atoms with Crippen LogP contribution in [0.3, 0.4) is 0 Å². The van der Waals surface area contributed by atoms with Gasteiger partial charge in [-0.1, -0.05) is 29.4 Å². The summed E-state index contributed by atoms with van der Waals surface area (Å²) in [5.74, 6) is 0. The molecule has 0 unspecified atom stereocenters. The lowest BCUT2D eigenvalue weighted by Crippen LogP contribution is -1.79. The third-order valence-corrected chi connectivity index (χ3v) is 3.39. The molecule has 0 bridgehead atoms. The van der Waals surface area contributed by atoms with Gasteiger partial charge in [-0.05, 0) is 30.3 Å². The van der Waals surface area contributed by atoms with Crippen molar-refractivity contribution in [1.29, 1.82) is 0 Å². The molecule has 1 aromatic heterocycles. The number of carbonyl (C=O) groups excluding carboxylic acids is 1. The summed E-state index contributed by atoms with van der Waals surface area (Å²) >= 11 is 7.53. The van der Waals surface area contributed by atoms with Gasteiger partial charge in [0.25, 0.3) is 0 Å². The highest BCUT2D eigenvalue weighted by molar-refractivity contribution is 7.99. The molecule has 0 saturated heterocycles. The van der Waals surface area contributed by atoms with Crippen LogP contribution in [0, 0.1) is 0 Å².